The van der Waals surface area contributed by atoms with Crippen LogP contribution in [0, 0.1) is 6.92 Å². The fourth-order valence-electron chi connectivity index (χ4n) is 2.24. The molecule has 2 N–H and O–H groups in total. The van der Waals surface area contributed by atoms with Crippen molar-refractivity contribution < 1.29 is 4.74 Å². The number of halogens is 2. The average molecular weight is 413 g/mol. The molecule has 2 aromatic rings. The molecule has 112 valence electrons. The first-order chi connectivity index (χ1) is 9.95. The van der Waals surface area contributed by atoms with Crippen LogP contribution in [0.4, 0.5) is 0 Å². The van der Waals surface area contributed by atoms with E-state index in [9.17, 15) is 0 Å². The summed E-state index contributed by atoms with van der Waals surface area (Å²) in [6, 6.07) is 12.4. The van der Waals surface area contributed by atoms with Crippen LogP contribution >= 0.6 is 31.9 Å². The Hall–Kier alpha value is -0.840. The van der Waals surface area contributed by atoms with Crippen LogP contribution in [0.5, 0.6) is 5.75 Å². The Morgan fingerprint density at radius 3 is 2.38 bits per heavy atom. The molecular weight excluding hydrogens is 394 g/mol. The van der Waals surface area contributed by atoms with Gasteiger partial charge in [-0.2, -0.15) is 0 Å². The Bertz CT molecular complexity index is 609. The summed E-state index contributed by atoms with van der Waals surface area (Å²) in [5, 5.41) is 0. The van der Waals surface area contributed by atoms with Gasteiger partial charge in [-0.05, 0) is 61.2 Å². The predicted octanol–water partition coefficient (Wildman–Crippen LogP) is 4.99. The van der Waals surface area contributed by atoms with Gasteiger partial charge in [-0.3, -0.25) is 0 Å². The molecule has 2 rings (SSSR count). The maximum atomic E-state index is 6.06. The summed E-state index contributed by atoms with van der Waals surface area (Å²) in [5.41, 5.74) is 9.36. The number of ether oxygens (including phenoxy) is 1. The van der Waals surface area contributed by atoms with Gasteiger partial charge in [0.05, 0.1) is 0 Å². The van der Waals surface area contributed by atoms with Gasteiger partial charge in [0.25, 0.3) is 0 Å². The second kappa shape index (κ2) is 7.43. The van der Waals surface area contributed by atoms with Gasteiger partial charge in [-0.25, -0.2) is 0 Å². The Morgan fingerprint density at radius 2 is 1.76 bits per heavy atom. The van der Waals surface area contributed by atoms with E-state index in [1.165, 1.54) is 0 Å². The van der Waals surface area contributed by atoms with E-state index in [2.05, 4.69) is 63.0 Å². The largest absolute Gasteiger partial charge is 0.488 e. The molecule has 0 bridgehead atoms. The molecule has 0 fully saturated rings. The van der Waals surface area contributed by atoms with Gasteiger partial charge in [-0.15, -0.1) is 0 Å². The van der Waals surface area contributed by atoms with Crippen LogP contribution in [0.1, 0.15) is 23.6 Å². The normalized spacial score (nSPS) is 12.2. The van der Waals surface area contributed by atoms with Crippen LogP contribution in [0.3, 0.4) is 0 Å². The smallest absolute Gasteiger partial charge is 0.126 e. The fourth-order valence-corrected chi connectivity index (χ4v) is 3.12. The highest BCUT2D eigenvalue weighted by molar-refractivity contribution is 9.10. The van der Waals surface area contributed by atoms with E-state index in [1.54, 1.807) is 0 Å². The molecule has 0 radical (unpaired) electrons. The van der Waals surface area contributed by atoms with Gasteiger partial charge >= 0.3 is 0 Å². The zero-order chi connectivity index (χ0) is 15.4. The Kier molecular flexibility index (Phi) is 5.85. The molecule has 0 aliphatic carbocycles. The number of hydrogen-bond acceptors (Lipinski definition) is 2. The number of nitrogens with two attached hydrogens (primary N) is 1. The van der Waals surface area contributed by atoms with E-state index in [0.717, 1.165) is 37.8 Å². The zero-order valence-electron chi connectivity index (χ0n) is 12.2. The lowest BCUT2D eigenvalue weighted by molar-refractivity contribution is 0.300. The third kappa shape index (κ3) is 4.83. The van der Waals surface area contributed by atoms with Crippen LogP contribution in [0.2, 0.25) is 0 Å². The number of benzene rings is 2. The zero-order valence-corrected chi connectivity index (χ0v) is 15.4. The molecule has 0 aromatic heterocycles. The van der Waals surface area contributed by atoms with Gasteiger partial charge < -0.3 is 10.5 Å². The first-order valence-corrected chi connectivity index (χ1v) is 8.46. The van der Waals surface area contributed by atoms with E-state index in [0.29, 0.717) is 6.61 Å². The predicted molar refractivity (Wildman–Crippen MR) is 94.7 cm³/mol. The van der Waals surface area contributed by atoms with Crippen molar-refractivity contribution in [2.75, 3.05) is 0 Å². The van der Waals surface area contributed by atoms with E-state index in [4.69, 9.17) is 10.5 Å². The standard InChI is InChI=1S/C17H19Br2NO/c1-11-7-16(19)9-14(8-12(2)20)17(11)21-10-13-3-5-15(18)6-4-13/h3-7,9,12H,8,10,20H2,1-2H3. The van der Waals surface area contributed by atoms with Crippen molar-refractivity contribution in [3.8, 4) is 5.75 Å². The molecule has 0 aliphatic rings. The number of hydrogen-bond donors (Lipinski definition) is 1. The van der Waals surface area contributed by atoms with Gasteiger partial charge in [0.1, 0.15) is 12.4 Å². The average Bonchev–Trinajstić information content (AvgIpc) is 2.39. The highest BCUT2D eigenvalue weighted by Gasteiger charge is 2.11. The third-order valence-corrected chi connectivity index (χ3v) is 4.14. The van der Waals surface area contributed by atoms with Crippen molar-refractivity contribution in [3.63, 3.8) is 0 Å². The van der Waals surface area contributed by atoms with Crippen molar-refractivity contribution in [1.82, 2.24) is 0 Å². The van der Waals surface area contributed by atoms with Crippen LogP contribution in [-0.2, 0) is 13.0 Å². The van der Waals surface area contributed by atoms with E-state index in [1.807, 2.05) is 19.1 Å². The molecular formula is C17H19Br2NO. The highest BCUT2D eigenvalue weighted by Crippen LogP contribution is 2.29. The maximum Gasteiger partial charge on any atom is 0.126 e. The molecule has 0 amide bonds. The number of aryl methyl sites for hydroxylation is 1. The van der Waals surface area contributed by atoms with Crippen LogP contribution in [0.25, 0.3) is 0 Å². The van der Waals surface area contributed by atoms with E-state index >= 15 is 0 Å². The first kappa shape index (κ1) is 16.5. The van der Waals surface area contributed by atoms with Crippen LogP contribution in [0.15, 0.2) is 45.3 Å². The lowest BCUT2D eigenvalue weighted by Crippen LogP contribution is -2.18. The molecule has 0 spiro atoms. The van der Waals surface area contributed by atoms with Crippen LogP contribution < -0.4 is 10.5 Å². The minimum Gasteiger partial charge on any atom is -0.488 e. The molecule has 0 aliphatic heterocycles. The summed E-state index contributed by atoms with van der Waals surface area (Å²) < 4.78 is 8.19. The minimum atomic E-state index is 0.105. The van der Waals surface area contributed by atoms with Crippen LogP contribution in [-0.4, -0.2) is 6.04 Å². The van der Waals surface area contributed by atoms with E-state index < -0.39 is 0 Å². The third-order valence-electron chi connectivity index (χ3n) is 3.15. The van der Waals surface area contributed by atoms with Gasteiger partial charge in [0.15, 0.2) is 0 Å². The first-order valence-electron chi connectivity index (χ1n) is 6.87. The van der Waals surface area contributed by atoms with Gasteiger partial charge in [0, 0.05) is 15.0 Å². The molecule has 2 aromatic carbocycles. The maximum absolute atomic E-state index is 6.06. The summed E-state index contributed by atoms with van der Waals surface area (Å²) in [5.74, 6) is 0.943. The van der Waals surface area contributed by atoms with E-state index in [-0.39, 0.29) is 6.04 Å². The Morgan fingerprint density at radius 1 is 1.10 bits per heavy atom. The quantitative estimate of drug-likeness (QED) is 0.750. The monoisotopic (exact) mass is 411 g/mol. The van der Waals surface area contributed by atoms with Crippen molar-refractivity contribution in [1.29, 1.82) is 0 Å². The molecule has 1 unspecified atom stereocenters. The lowest BCUT2D eigenvalue weighted by Gasteiger charge is -2.16. The summed E-state index contributed by atoms with van der Waals surface area (Å²) in [6.07, 6.45) is 0.802. The molecule has 0 saturated carbocycles. The highest BCUT2D eigenvalue weighted by atomic mass is 79.9. The van der Waals surface area contributed by atoms with Gasteiger partial charge in [0.2, 0.25) is 0 Å². The molecule has 21 heavy (non-hydrogen) atoms. The topological polar surface area (TPSA) is 35.2 Å². The summed E-state index contributed by atoms with van der Waals surface area (Å²) in [6.45, 7) is 4.63. The molecule has 1 atom stereocenters. The summed E-state index contributed by atoms with van der Waals surface area (Å²) >= 11 is 6.98. The number of rotatable bonds is 5. The molecule has 4 heteroatoms. The lowest BCUT2D eigenvalue weighted by atomic mass is 10.0. The summed E-state index contributed by atoms with van der Waals surface area (Å²) in [7, 11) is 0. The molecule has 0 heterocycles. The Balaban J connectivity index is 2.19. The minimum absolute atomic E-state index is 0.105. The van der Waals surface area contributed by atoms with Crippen molar-refractivity contribution in [3.05, 3.63) is 62.0 Å². The van der Waals surface area contributed by atoms with Crippen molar-refractivity contribution in [2.24, 2.45) is 5.73 Å². The van der Waals surface area contributed by atoms with Crippen molar-refractivity contribution in [2.45, 2.75) is 32.9 Å². The van der Waals surface area contributed by atoms with Gasteiger partial charge in [-0.1, -0.05) is 44.0 Å². The second-order valence-electron chi connectivity index (χ2n) is 5.31. The molecule has 0 saturated heterocycles. The molecule has 2 nitrogen and oxygen atoms in total. The summed E-state index contributed by atoms with van der Waals surface area (Å²) in [4.78, 5) is 0. The SMILES string of the molecule is Cc1cc(Br)cc(CC(C)N)c1OCc1ccc(Br)cc1. The fraction of sp³-hybridized carbons (Fsp3) is 0.294. The second-order valence-corrected chi connectivity index (χ2v) is 7.14. The van der Waals surface area contributed by atoms with Crippen molar-refractivity contribution >= 4 is 31.9 Å². The Labute approximate surface area is 143 Å².